The normalized spacial score (nSPS) is 13.9. The topological polar surface area (TPSA) is 32.3 Å². The van der Waals surface area contributed by atoms with Crippen LogP contribution in [-0.2, 0) is 6.42 Å². The number of aryl methyl sites for hydroxylation is 1. The maximum Gasteiger partial charge on any atom is 0.176 e. The van der Waals surface area contributed by atoms with Crippen LogP contribution >= 0.6 is 0 Å². The van der Waals surface area contributed by atoms with Gasteiger partial charge in [0.25, 0.3) is 0 Å². The fourth-order valence-corrected chi connectivity index (χ4v) is 2.67. The van der Waals surface area contributed by atoms with Gasteiger partial charge in [0.15, 0.2) is 5.78 Å². The molecule has 110 valence electrons. The Morgan fingerprint density at radius 2 is 2.20 bits per heavy atom. The minimum atomic E-state index is 0.247. The predicted octanol–water partition coefficient (Wildman–Crippen LogP) is 3.35. The van der Waals surface area contributed by atoms with Crippen LogP contribution in [0.2, 0.25) is 0 Å². The second-order valence-electron chi connectivity index (χ2n) is 5.55. The number of benzene rings is 1. The molecule has 0 saturated heterocycles. The quantitative estimate of drug-likeness (QED) is 0.774. The molecular weight excluding hydrogens is 248 g/mol. The molecule has 0 unspecified atom stereocenters. The van der Waals surface area contributed by atoms with Crippen LogP contribution in [0.25, 0.3) is 0 Å². The number of likely N-dealkylation sites (N-methyl/N-ethyl adjacent to an activating group) is 1. The van der Waals surface area contributed by atoms with Gasteiger partial charge in [0.2, 0.25) is 0 Å². The Hall–Kier alpha value is -1.35. The Balaban J connectivity index is 2.01. The Morgan fingerprint density at radius 1 is 1.35 bits per heavy atom. The van der Waals surface area contributed by atoms with E-state index in [0.29, 0.717) is 6.54 Å². The number of Topliss-reactive ketones (excluding diaryl/α,β-unsaturated/α-hetero) is 1. The molecule has 1 aromatic rings. The third kappa shape index (κ3) is 3.83. The molecule has 1 N–H and O–H groups in total. The van der Waals surface area contributed by atoms with Crippen molar-refractivity contribution in [2.24, 2.45) is 0 Å². The zero-order chi connectivity index (χ0) is 14.4. The average molecular weight is 274 g/mol. The highest BCUT2D eigenvalue weighted by molar-refractivity contribution is 5.98. The van der Waals surface area contributed by atoms with Gasteiger partial charge in [-0.2, -0.15) is 0 Å². The molecule has 0 saturated carbocycles. The van der Waals surface area contributed by atoms with Crippen LogP contribution in [0.1, 0.15) is 49.0 Å². The summed E-state index contributed by atoms with van der Waals surface area (Å²) in [5.74, 6) is 0.247. The van der Waals surface area contributed by atoms with Gasteiger partial charge in [0.05, 0.1) is 6.54 Å². The lowest BCUT2D eigenvalue weighted by molar-refractivity contribution is 0.0933. The summed E-state index contributed by atoms with van der Waals surface area (Å²) < 4.78 is 0. The van der Waals surface area contributed by atoms with Crippen LogP contribution < -0.4 is 5.32 Å². The van der Waals surface area contributed by atoms with E-state index in [4.69, 9.17) is 0 Å². The second kappa shape index (κ2) is 7.44. The highest BCUT2D eigenvalue weighted by Gasteiger charge is 2.14. The van der Waals surface area contributed by atoms with Crippen LogP contribution in [0.3, 0.4) is 0 Å². The molecule has 2 rings (SSSR count). The number of hydrogen-bond acceptors (Lipinski definition) is 3. The minimum absolute atomic E-state index is 0.247. The van der Waals surface area contributed by atoms with Crippen molar-refractivity contribution in [3.63, 3.8) is 0 Å². The third-order valence-corrected chi connectivity index (χ3v) is 4.01. The van der Waals surface area contributed by atoms with Crippen LogP contribution in [0.5, 0.6) is 0 Å². The Labute approximate surface area is 122 Å². The van der Waals surface area contributed by atoms with E-state index in [1.165, 1.54) is 17.7 Å². The molecule has 0 amide bonds. The van der Waals surface area contributed by atoms with Crippen molar-refractivity contribution in [2.75, 3.05) is 31.5 Å². The SMILES string of the molecule is CCCCN(CC)CC(=O)c1ccc2c(c1)CCCN2. The fraction of sp³-hybridized carbons (Fsp3) is 0.588. The molecule has 3 nitrogen and oxygen atoms in total. The number of carbonyl (C=O) groups is 1. The monoisotopic (exact) mass is 274 g/mol. The number of fused-ring (bicyclic) bond motifs is 1. The van der Waals surface area contributed by atoms with Crippen molar-refractivity contribution in [1.82, 2.24) is 4.90 Å². The molecule has 20 heavy (non-hydrogen) atoms. The van der Waals surface area contributed by atoms with Gasteiger partial charge in [0.1, 0.15) is 0 Å². The first-order valence-electron chi connectivity index (χ1n) is 7.87. The van der Waals surface area contributed by atoms with E-state index >= 15 is 0 Å². The molecule has 1 aliphatic rings. The lowest BCUT2D eigenvalue weighted by Crippen LogP contribution is -2.30. The molecular formula is C17H26N2O. The molecule has 0 spiro atoms. The fourth-order valence-electron chi connectivity index (χ4n) is 2.67. The third-order valence-electron chi connectivity index (χ3n) is 4.01. The van der Waals surface area contributed by atoms with Crippen LogP contribution in [0.15, 0.2) is 18.2 Å². The Kier molecular flexibility index (Phi) is 5.60. The zero-order valence-corrected chi connectivity index (χ0v) is 12.7. The summed E-state index contributed by atoms with van der Waals surface area (Å²) in [5.41, 5.74) is 3.35. The van der Waals surface area contributed by atoms with Crippen molar-refractivity contribution in [2.45, 2.75) is 39.5 Å². The summed E-state index contributed by atoms with van der Waals surface area (Å²) in [6, 6.07) is 6.11. The van der Waals surface area contributed by atoms with E-state index in [1.54, 1.807) is 0 Å². The highest BCUT2D eigenvalue weighted by atomic mass is 16.1. The number of rotatable bonds is 7. The van der Waals surface area contributed by atoms with Crippen molar-refractivity contribution in [1.29, 1.82) is 0 Å². The summed E-state index contributed by atoms with van der Waals surface area (Å²) in [4.78, 5) is 14.6. The highest BCUT2D eigenvalue weighted by Crippen LogP contribution is 2.23. The average Bonchev–Trinajstić information content (AvgIpc) is 2.50. The summed E-state index contributed by atoms with van der Waals surface area (Å²) in [6.45, 7) is 7.86. The standard InChI is InChI=1S/C17H26N2O/c1-3-5-11-19(4-2)13-17(20)15-8-9-16-14(12-15)7-6-10-18-16/h8-9,12,18H,3-7,10-11,13H2,1-2H3. The number of anilines is 1. The van der Waals surface area contributed by atoms with Gasteiger partial charge in [-0.25, -0.2) is 0 Å². The number of ketones is 1. The molecule has 0 atom stereocenters. The zero-order valence-electron chi connectivity index (χ0n) is 12.7. The molecule has 0 radical (unpaired) electrons. The van der Waals surface area contributed by atoms with Gasteiger partial charge < -0.3 is 5.32 Å². The van der Waals surface area contributed by atoms with Gasteiger partial charge >= 0.3 is 0 Å². The number of hydrogen-bond donors (Lipinski definition) is 1. The molecule has 1 aromatic carbocycles. The summed E-state index contributed by atoms with van der Waals surface area (Å²) in [7, 11) is 0. The van der Waals surface area contributed by atoms with E-state index in [0.717, 1.165) is 44.5 Å². The van der Waals surface area contributed by atoms with Gasteiger partial charge in [-0.3, -0.25) is 9.69 Å². The number of carbonyl (C=O) groups excluding carboxylic acids is 1. The Bertz CT molecular complexity index is 456. The Morgan fingerprint density at radius 3 is 2.95 bits per heavy atom. The first-order chi connectivity index (χ1) is 9.74. The lowest BCUT2D eigenvalue weighted by atomic mass is 9.99. The van der Waals surface area contributed by atoms with Crippen LogP contribution in [0.4, 0.5) is 5.69 Å². The molecule has 0 fully saturated rings. The van der Waals surface area contributed by atoms with Crippen LogP contribution in [0, 0.1) is 0 Å². The van der Waals surface area contributed by atoms with Crippen molar-refractivity contribution in [3.05, 3.63) is 29.3 Å². The molecule has 1 heterocycles. The minimum Gasteiger partial charge on any atom is -0.385 e. The van der Waals surface area contributed by atoms with Crippen molar-refractivity contribution < 1.29 is 4.79 Å². The molecule has 0 bridgehead atoms. The lowest BCUT2D eigenvalue weighted by Gasteiger charge is -2.21. The molecule has 0 aromatic heterocycles. The smallest absolute Gasteiger partial charge is 0.176 e. The summed E-state index contributed by atoms with van der Waals surface area (Å²) in [6.07, 6.45) is 4.57. The van der Waals surface area contributed by atoms with E-state index in [1.807, 2.05) is 6.07 Å². The van der Waals surface area contributed by atoms with Crippen LogP contribution in [-0.4, -0.2) is 36.9 Å². The first-order valence-corrected chi connectivity index (χ1v) is 7.87. The van der Waals surface area contributed by atoms with Gasteiger partial charge in [-0.1, -0.05) is 20.3 Å². The van der Waals surface area contributed by atoms with Gasteiger partial charge in [-0.15, -0.1) is 0 Å². The predicted molar refractivity (Wildman–Crippen MR) is 84.6 cm³/mol. The van der Waals surface area contributed by atoms with Gasteiger partial charge in [-0.05, 0) is 56.1 Å². The summed E-state index contributed by atoms with van der Waals surface area (Å²) in [5, 5.41) is 3.39. The second-order valence-corrected chi connectivity index (χ2v) is 5.55. The van der Waals surface area contributed by atoms with E-state index in [-0.39, 0.29) is 5.78 Å². The maximum atomic E-state index is 12.4. The van der Waals surface area contributed by atoms with Gasteiger partial charge in [0, 0.05) is 17.8 Å². The number of nitrogens with zero attached hydrogens (tertiary/aromatic N) is 1. The molecule has 0 aliphatic carbocycles. The van der Waals surface area contributed by atoms with E-state index in [9.17, 15) is 4.79 Å². The van der Waals surface area contributed by atoms with E-state index < -0.39 is 0 Å². The van der Waals surface area contributed by atoms with E-state index in [2.05, 4.69) is 36.2 Å². The van der Waals surface area contributed by atoms with Crippen molar-refractivity contribution >= 4 is 11.5 Å². The molecule has 1 aliphatic heterocycles. The molecule has 3 heteroatoms. The first kappa shape index (κ1) is 15.0. The largest absolute Gasteiger partial charge is 0.385 e. The summed E-state index contributed by atoms with van der Waals surface area (Å²) >= 11 is 0. The maximum absolute atomic E-state index is 12.4. The number of nitrogens with one attached hydrogen (secondary N) is 1. The number of unbranched alkanes of at least 4 members (excludes halogenated alkanes) is 1. The van der Waals surface area contributed by atoms with Crippen molar-refractivity contribution in [3.8, 4) is 0 Å².